The molecule has 1 fully saturated rings. The Morgan fingerprint density at radius 2 is 1.82 bits per heavy atom. The predicted octanol–water partition coefficient (Wildman–Crippen LogP) is -0.966. The summed E-state index contributed by atoms with van der Waals surface area (Å²) in [4.78, 5) is 0. The van der Waals surface area contributed by atoms with Crippen LogP contribution in [0.5, 0.6) is 0 Å². The average molecular weight is 388 g/mol. The van der Waals surface area contributed by atoms with E-state index in [0.717, 1.165) is 6.54 Å². The fourth-order valence-corrected chi connectivity index (χ4v) is 0.550. The van der Waals surface area contributed by atoms with Gasteiger partial charge in [0.25, 0.3) is 0 Å². The molecule has 1 heterocycles. The van der Waals surface area contributed by atoms with Gasteiger partial charge in [0.1, 0.15) is 0 Å². The first-order valence-corrected chi connectivity index (χ1v) is 8.24. The Labute approximate surface area is 82.8 Å². The summed E-state index contributed by atoms with van der Waals surface area (Å²) in [5, 5.41) is 3.17. The Balaban J connectivity index is -0.000000116. The fourth-order valence-electron chi connectivity index (χ4n) is 0.550. The Morgan fingerprint density at radius 1 is 1.45 bits per heavy atom. The molecule has 1 atom stereocenters. The molecule has 0 spiro atoms. The number of halogens is 2. The van der Waals surface area contributed by atoms with Crippen LogP contribution in [0.25, 0.3) is 0 Å². The molecular formula is C4H14Cl2N2O2Pt. The van der Waals surface area contributed by atoms with E-state index < -0.39 is 16.5 Å². The monoisotopic (exact) mass is 387 g/mol. The molecule has 0 aromatic heterocycles. The fraction of sp³-hybridized carbons (Fsp3) is 1.00. The molecule has 0 radical (unpaired) electrons. The van der Waals surface area contributed by atoms with Crippen molar-refractivity contribution < 1.29 is 27.4 Å². The second-order valence-corrected chi connectivity index (χ2v) is 5.00. The molecule has 1 aliphatic rings. The van der Waals surface area contributed by atoms with Crippen molar-refractivity contribution in [1.29, 1.82) is 0 Å². The Morgan fingerprint density at radius 3 is 1.82 bits per heavy atom. The molecular weight excluding hydrogens is 374 g/mol. The number of rotatable bonds is 1. The zero-order valence-corrected chi connectivity index (χ0v) is 9.63. The first-order chi connectivity index (χ1) is 4.35. The maximum absolute atomic E-state index is 5.27. The molecule has 0 aromatic rings. The summed E-state index contributed by atoms with van der Waals surface area (Å²) < 4.78 is 0. The summed E-state index contributed by atoms with van der Waals surface area (Å²) >= 11 is -0.472. The second kappa shape index (κ2) is 13.7. The van der Waals surface area contributed by atoms with Crippen LogP contribution in [0.3, 0.4) is 0 Å². The maximum atomic E-state index is 5.27. The molecule has 0 bridgehead atoms. The SMILES string of the molecule is NCC1CCN1.O.O.[Cl][Pt][Cl]. The van der Waals surface area contributed by atoms with E-state index in [-0.39, 0.29) is 11.0 Å². The van der Waals surface area contributed by atoms with Gasteiger partial charge in [0.15, 0.2) is 0 Å². The standard InChI is InChI=1S/C4H10N2.2ClH.2H2O.Pt/c5-3-4-1-2-6-4;;;;;/h4,6H,1-3,5H2;2*1H;2*1H2;/q;;;;;+2/p-2. The van der Waals surface area contributed by atoms with Crippen LogP contribution in [0.4, 0.5) is 0 Å². The quantitative estimate of drug-likeness (QED) is 0.604. The Kier molecular flexibility index (Phi) is 22.4. The van der Waals surface area contributed by atoms with Gasteiger partial charge in [-0.3, -0.25) is 0 Å². The molecule has 7 heteroatoms. The van der Waals surface area contributed by atoms with Gasteiger partial charge < -0.3 is 22.0 Å². The summed E-state index contributed by atoms with van der Waals surface area (Å²) in [7, 11) is 9.75. The first-order valence-electron chi connectivity index (χ1n) is 2.61. The third-order valence-electron chi connectivity index (χ3n) is 1.21. The van der Waals surface area contributed by atoms with Crippen molar-refractivity contribution in [2.24, 2.45) is 5.73 Å². The van der Waals surface area contributed by atoms with Crippen LogP contribution in [0, 0.1) is 0 Å². The minimum atomic E-state index is -0.472. The van der Waals surface area contributed by atoms with Crippen LogP contribution in [-0.4, -0.2) is 30.1 Å². The van der Waals surface area contributed by atoms with Gasteiger partial charge in [-0.05, 0) is 13.0 Å². The van der Waals surface area contributed by atoms with E-state index in [1.54, 1.807) is 0 Å². The van der Waals surface area contributed by atoms with E-state index in [1.807, 2.05) is 0 Å². The molecule has 76 valence electrons. The normalized spacial score (nSPS) is 19.7. The van der Waals surface area contributed by atoms with Crippen molar-refractivity contribution in [2.75, 3.05) is 13.1 Å². The van der Waals surface area contributed by atoms with Crippen molar-refractivity contribution in [1.82, 2.24) is 5.32 Å². The van der Waals surface area contributed by atoms with Crippen LogP contribution in [-0.2, 0) is 16.5 Å². The van der Waals surface area contributed by atoms with Crippen LogP contribution < -0.4 is 11.1 Å². The minimum absolute atomic E-state index is 0. The summed E-state index contributed by atoms with van der Waals surface area (Å²) in [6, 6.07) is 0.644. The van der Waals surface area contributed by atoms with Crippen LogP contribution in [0.2, 0.25) is 0 Å². The van der Waals surface area contributed by atoms with E-state index in [4.69, 9.17) is 24.6 Å². The van der Waals surface area contributed by atoms with E-state index >= 15 is 0 Å². The van der Waals surface area contributed by atoms with Crippen molar-refractivity contribution in [3.63, 3.8) is 0 Å². The number of hydrogen-bond acceptors (Lipinski definition) is 2. The molecule has 0 saturated carbocycles. The third-order valence-corrected chi connectivity index (χ3v) is 1.21. The van der Waals surface area contributed by atoms with Crippen LogP contribution in [0.15, 0.2) is 0 Å². The van der Waals surface area contributed by atoms with Gasteiger partial charge in [-0.25, -0.2) is 0 Å². The van der Waals surface area contributed by atoms with Gasteiger partial charge in [0, 0.05) is 12.6 Å². The van der Waals surface area contributed by atoms with Gasteiger partial charge in [0.05, 0.1) is 0 Å². The van der Waals surface area contributed by atoms with Gasteiger partial charge >= 0.3 is 35.3 Å². The number of nitrogens with two attached hydrogens (primary N) is 1. The van der Waals surface area contributed by atoms with Crippen molar-refractivity contribution in [3.05, 3.63) is 0 Å². The molecule has 1 aliphatic heterocycles. The molecule has 7 N–H and O–H groups in total. The molecule has 11 heavy (non-hydrogen) atoms. The molecule has 1 rings (SSSR count). The zero-order chi connectivity index (χ0) is 7.11. The molecule has 4 nitrogen and oxygen atoms in total. The number of nitrogens with one attached hydrogen (secondary N) is 1. The van der Waals surface area contributed by atoms with Crippen molar-refractivity contribution in [2.45, 2.75) is 12.5 Å². The predicted molar refractivity (Wildman–Crippen MR) is 44.4 cm³/mol. The molecule has 0 aliphatic carbocycles. The van der Waals surface area contributed by atoms with E-state index in [0.29, 0.717) is 6.04 Å². The van der Waals surface area contributed by atoms with Crippen LogP contribution >= 0.6 is 18.8 Å². The van der Waals surface area contributed by atoms with E-state index in [2.05, 4.69) is 5.32 Å². The Hall–Kier alpha value is 1.11. The Bertz CT molecular complexity index is 65.3. The van der Waals surface area contributed by atoms with Crippen molar-refractivity contribution >= 4 is 18.8 Å². The average Bonchev–Trinajstić information content (AvgIpc) is 1.64. The second-order valence-electron chi connectivity index (χ2n) is 1.72. The third kappa shape index (κ3) is 11.1. The van der Waals surface area contributed by atoms with Crippen LogP contribution in [0.1, 0.15) is 6.42 Å². The summed E-state index contributed by atoms with van der Waals surface area (Å²) in [5.41, 5.74) is 5.27. The summed E-state index contributed by atoms with van der Waals surface area (Å²) in [5.74, 6) is 0. The van der Waals surface area contributed by atoms with Gasteiger partial charge in [0.2, 0.25) is 0 Å². The zero-order valence-electron chi connectivity index (χ0n) is 5.85. The van der Waals surface area contributed by atoms with E-state index in [1.165, 1.54) is 13.0 Å². The topological polar surface area (TPSA) is 101 Å². The molecule has 0 aromatic carbocycles. The van der Waals surface area contributed by atoms with Gasteiger partial charge in [-0.1, -0.05) is 0 Å². The number of hydrogen-bond donors (Lipinski definition) is 2. The first kappa shape index (κ1) is 18.0. The van der Waals surface area contributed by atoms with Gasteiger partial charge in [-0.15, -0.1) is 0 Å². The molecule has 1 saturated heterocycles. The summed E-state index contributed by atoms with van der Waals surface area (Å²) in [6.07, 6.45) is 1.27. The van der Waals surface area contributed by atoms with Crippen molar-refractivity contribution in [3.8, 4) is 0 Å². The summed E-state index contributed by atoms with van der Waals surface area (Å²) in [6.45, 7) is 1.97. The molecule has 0 amide bonds. The van der Waals surface area contributed by atoms with Gasteiger partial charge in [-0.2, -0.15) is 0 Å². The molecule has 1 unspecified atom stereocenters. The van der Waals surface area contributed by atoms with E-state index in [9.17, 15) is 0 Å².